The first-order valence-electron chi connectivity index (χ1n) is 11.2. The Bertz CT molecular complexity index is 1690. The lowest BCUT2D eigenvalue weighted by Gasteiger charge is -2.06. The summed E-state index contributed by atoms with van der Waals surface area (Å²) in [4.78, 5) is 17.4. The van der Waals surface area contributed by atoms with Crippen LogP contribution in [0.5, 0.6) is 0 Å². The van der Waals surface area contributed by atoms with Crippen molar-refractivity contribution in [2.75, 3.05) is 6.26 Å². The summed E-state index contributed by atoms with van der Waals surface area (Å²) in [6, 6.07) is 17.6. The summed E-state index contributed by atoms with van der Waals surface area (Å²) in [5.74, 6) is -0.261. The van der Waals surface area contributed by atoms with E-state index in [1.165, 1.54) is 28.9 Å². The van der Waals surface area contributed by atoms with Crippen LogP contribution >= 0.6 is 0 Å². The fraction of sp³-hybridized carbons (Fsp3) is 0.0769. The SMILES string of the molecule is CS(=O)(=O)c1ccc(-n2cc(CNC(=O)c3cccc(-n4cc(-c5cccc(F)c5)cn4)n3)cn2)cc1. The Hall–Kier alpha value is -4.64. The Labute approximate surface area is 212 Å². The molecule has 3 heterocycles. The molecule has 5 aromatic rings. The van der Waals surface area contributed by atoms with Crippen molar-refractivity contribution in [3.05, 3.63) is 109 Å². The number of sulfone groups is 1. The van der Waals surface area contributed by atoms with E-state index in [9.17, 15) is 17.6 Å². The van der Waals surface area contributed by atoms with E-state index in [0.717, 1.165) is 17.4 Å². The Balaban J connectivity index is 1.25. The molecule has 0 atom stereocenters. The third kappa shape index (κ3) is 5.46. The smallest absolute Gasteiger partial charge is 0.270 e. The van der Waals surface area contributed by atoms with Gasteiger partial charge in [-0.2, -0.15) is 10.2 Å². The molecule has 37 heavy (non-hydrogen) atoms. The minimum absolute atomic E-state index is 0.212. The average molecular weight is 517 g/mol. The lowest BCUT2D eigenvalue weighted by molar-refractivity contribution is 0.0946. The number of nitrogens with one attached hydrogen (secondary N) is 1. The number of rotatable bonds is 7. The summed E-state index contributed by atoms with van der Waals surface area (Å²) < 4.78 is 40.0. The van der Waals surface area contributed by atoms with Gasteiger partial charge in [-0.15, -0.1) is 0 Å². The number of pyridine rings is 1. The van der Waals surface area contributed by atoms with Gasteiger partial charge < -0.3 is 5.32 Å². The molecule has 0 bridgehead atoms. The zero-order valence-electron chi connectivity index (χ0n) is 19.6. The highest BCUT2D eigenvalue weighted by atomic mass is 32.2. The van der Waals surface area contributed by atoms with Crippen molar-refractivity contribution >= 4 is 15.7 Å². The molecule has 1 N–H and O–H groups in total. The number of halogens is 1. The van der Waals surface area contributed by atoms with Gasteiger partial charge in [-0.05, 0) is 54.1 Å². The molecule has 0 fully saturated rings. The molecule has 0 radical (unpaired) electrons. The van der Waals surface area contributed by atoms with Gasteiger partial charge in [-0.25, -0.2) is 27.2 Å². The molecule has 0 saturated carbocycles. The molecule has 0 spiro atoms. The maximum absolute atomic E-state index is 13.6. The van der Waals surface area contributed by atoms with Gasteiger partial charge in [0.25, 0.3) is 5.91 Å². The molecule has 5 rings (SSSR count). The molecule has 0 aliphatic heterocycles. The Morgan fingerprint density at radius 2 is 1.68 bits per heavy atom. The first-order chi connectivity index (χ1) is 17.8. The highest BCUT2D eigenvalue weighted by Crippen LogP contribution is 2.20. The van der Waals surface area contributed by atoms with Gasteiger partial charge in [-0.1, -0.05) is 18.2 Å². The van der Waals surface area contributed by atoms with Crippen LogP contribution < -0.4 is 5.32 Å². The van der Waals surface area contributed by atoms with Crippen LogP contribution in [0.25, 0.3) is 22.6 Å². The fourth-order valence-corrected chi connectivity index (χ4v) is 4.28. The fourth-order valence-electron chi connectivity index (χ4n) is 3.65. The minimum atomic E-state index is -3.28. The third-order valence-corrected chi connectivity index (χ3v) is 6.69. The van der Waals surface area contributed by atoms with Gasteiger partial charge >= 0.3 is 0 Å². The predicted octanol–water partition coefficient (Wildman–Crippen LogP) is 3.59. The van der Waals surface area contributed by atoms with Crippen LogP contribution in [-0.2, 0) is 16.4 Å². The molecular weight excluding hydrogens is 495 g/mol. The molecule has 0 saturated heterocycles. The standard InChI is InChI=1S/C26H21FN6O3S/c1-37(35,36)23-10-8-22(9-11-23)32-16-18(14-29-32)13-28-26(34)24-6-3-7-25(31-24)33-17-20(15-30-33)19-4-2-5-21(27)12-19/h2-12,14-17H,13H2,1H3,(H,28,34). The maximum atomic E-state index is 13.6. The Morgan fingerprint density at radius 1 is 0.919 bits per heavy atom. The van der Waals surface area contributed by atoms with E-state index < -0.39 is 9.84 Å². The van der Waals surface area contributed by atoms with Crippen molar-refractivity contribution in [1.82, 2.24) is 29.9 Å². The minimum Gasteiger partial charge on any atom is -0.347 e. The highest BCUT2D eigenvalue weighted by molar-refractivity contribution is 7.90. The van der Waals surface area contributed by atoms with E-state index in [2.05, 4.69) is 20.5 Å². The summed E-state index contributed by atoms with van der Waals surface area (Å²) in [7, 11) is -3.28. The van der Waals surface area contributed by atoms with Crippen LogP contribution in [-0.4, -0.2) is 45.1 Å². The summed E-state index contributed by atoms with van der Waals surface area (Å²) >= 11 is 0. The number of aromatic nitrogens is 5. The van der Waals surface area contributed by atoms with Crippen molar-refractivity contribution in [2.24, 2.45) is 0 Å². The second kappa shape index (κ2) is 9.78. The molecule has 9 nitrogen and oxygen atoms in total. The number of carbonyl (C=O) groups excluding carboxylic acids is 1. The van der Waals surface area contributed by atoms with Crippen LogP contribution in [0, 0.1) is 5.82 Å². The maximum Gasteiger partial charge on any atom is 0.270 e. The molecule has 3 aromatic heterocycles. The zero-order valence-corrected chi connectivity index (χ0v) is 20.4. The van der Waals surface area contributed by atoms with Gasteiger partial charge in [0.05, 0.1) is 23.0 Å². The zero-order chi connectivity index (χ0) is 26.0. The van der Waals surface area contributed by atoms with Crippen molar-refractivity contribution in [3.63, 3.8) is 0 Å². The lowest BCUT2D eigenvalue weighted by atomic mass is 10.1. The molecule has 0 unspecified atom stereocenters. The van der Waals surface area contributed by atoms with Crippen LogP contribution in [0.1, 0.15) is 16.1 Å². The van der Waals surface area contributed by atoms with Crippen molar-refractivity contribution in [3.8, 4) is 22.6 Å². The Kier molecular flexibility index (Phi) is 6.36. The van der Waals surface area contributed by atoms with Crippen molar-refractivity contribution in [2.45, 2.75) is 11.4 Å². The van der Waals surface area contributed by atoms with Gasteiger partial charge in [-0.3, -0.25) is 4.79 Å². The normalized spacial score (nSPS) is 11.4. The predicted molar refractivity (Wildman–Crippen MR) is 135 cm³/mol. The van der Waals surface area contributed by atoms with E-state index in [1.54, 1.807) is 71.9 Å². The van der Waals surface area contributed by atoms with E-state index in [4.69, 9.17) is 0 Å². The number of hydrogen-bond donors (Lipinski definition) is 1. The summed E-state index contributed by atoms with van der Waals surface area (Å²) in [5.41, 5.74) is 3.06. The molecule has 0 aliphatic rings. The largest absolute Gasteiger partial charge is 0.347 e. The van der Waals surface area contributed by atoms with E-state index >= 15 is 0 Å². The van der Waals surface area contributed by atoms with Crippen LogP contribution in [0.15, 0.2) is 96.4 Å². The second-order valence-electron chi connectivity index (χ2n) is 8.31. The molecule has 186 valence electrons. The number of carbonyl (C=O) groups is 1. The van der Waals surface area contributed by atoms with E-state index in [0.29, 0.717) is 17.1 Å². The van der Waals surface area contributed by atoms with Crippen molar-refractivity contribution in [1.29, 1.82) is 0 Å². The molecule has 2 aromatic carbocycles. The van der Waals surface area contributed by atoms with Crippen LogP contribution in [0.2, 0.25) is 0 Å². The summed E-state index contributed by atoms with van der Waals surface area (Å²) in [5, 5.41) is 11.4. The second-order valence-corrected chi connectivity index (χ2v) is 10.3. The first-order valence-corrected chi connectivity index (χ1v) is 13.1. The van der Waals surface area contributed by atoms with Crippen LogP contribution in [0.4, 0.5) is 4.39 Å². The van der Waals surface area contributed by atoms with E-state index in [1.807, 2.05) is 0 Å². The van der Waals surface area contributed by atoms with E-state index in [-0.39, 0.29) is 28.9 Å². The summed E-state index contributed by atoms with van der Waals surface area (Å²) in [6.45, 7) is 0.220. The molecule has 0 aliphatic carbocycles. The number of amides is 1. The Morgan fingerprint density at radius 3 is 2.43 bits per heavy atom. The monoisotopic (exact) mass is 516 g/mol. The van der Waals surface area contributed by atoms with Gasteiger partial charge in [0.2, 0.25) is 0 Å². The van der Waals surface area contributed by atoms with Gasteiger partial charge in [0.15, 0.2) is 15.7 Å². The highest BCUT2D eigenvalue weighted by Gasteiger charge is 2.12. The lowest BCUT2D eigenvalue weighted by Crippen LogP contribution is -2.24. The van der Waals surface area contributed by atoms with Crippen molar-refractivity contribution < 1.29 is 17.6 Å². The molecule has 11 heteroatoms. The molecular formula is C26H21FN6O3S. The number of hydrogen-bond acceptors (Lipinski definition) is 6. The number of nitrogens with zero attached hydrogens (tertiary/aromatic N) is 5. The average Bonchev–Trinajstić information content (AvgIpc) is 3.57. The topological polar surface area (TPSA) is 112 Å². The number of benzene rings is 2. The van der Waals surface area contributed by atoms with Crippen LogP contribution in [0.3, 0.4) is 0 Å². The first kappa shape index (κ1) is 24.1. The van der Waals surface area contributed by atoms with Gasteiger partial charge in [0, 0.05) is 36.3 Å². The summed E-state index contributed by atoms with van der Waals surface area (Å²) in [6.07, 6.45) is 7.84. The van der Waals surface area contributed by atoms with Gasteiger partial charge in [0.1, 0.15) is 11.5 Å². The third-order valence-electron chi connectivity index (χ3n) is 5.56. The molecule has 1 amide bonds. The quantitative estimate of drug-likeness (QED) is 0.354.